The van der Waals surface area contributed by atoms with Crippen LogP contribution in [0, 0.1) is 11.3 Å². The van der Waals surface area contributed by atoms with Crippen molar-refractivity contribution in [3.05, 3.63) is 23.8 Å². The molecule has 3 N–H and O–H groups in total. The van der Waals surface area contributed by atoms with Crippen LogP contribution in [0.3, 0.4) is 0 Å². The SMILES string of the molecule is COc1ccc(C=NNC(N)=O)c(OCC#N)c1. The molecule has 0 heterocycles. The van der Waals surface area contributed by atoms with Crippen molar-refractivity contribution in [2.24, 2.45) is 10.8 Å². The van der Waals surface area contributed by atoms with Gasteiger partial charge in [0.2, 0.25) is 0 Å². The van der Waals surface area contributed by atoms with Crippen LogP contribution in [0.2, 0.25) is 0 Å². The average molecular weight is 248 g/mol. The molecule has 1 aromatic carbocycles. The molecule has 7 heteroatoms. The zero-order valence-electron chi connectivity index (χ0n) is 9.71. The molecule has 0 aromatic heterocycles. The lowest BCUT2D eigenvalue weighted by Gasteiger charge is -2.07. The van der Waals surface area contributed by atoms with E-state index in [0.29, 0.717) is 17.1 Å². The van der Waals surface area contributed by atoms with Gasteiger partial charge in [-0.15, -0.1) is 0 Å². The molecule has 0 fully saturated rings. The zero-order chi connectivity index (χ0) is 13.4. The second-order valence-electron chi connectivity index (χ2n) is 3.08. The van der Waals surface area contributed by atoms with E-state index in [1.807, 2.05) is 6.07 Å². The minimum absolute atomic E-state index is 0.0999. The molecule has 0 aliphatic heterocycles. The number of urea groups is 1. The first kappa shape index (κ1) is 13.3. The molecule has 0 saturated heterocycles. The van der Waals surface area contributed by atoms with Gasteiger partial charge in [0.05, 0.1) is 13.3 Å². The van der Waals surface area contributed by atoms with E-state index in [9.17, 15) is 4.79 Å². The Morgan fingerprint density at radius 3 is 3.06 bits per heavy atom. The van der Waals surface area contributed by atoms with Gasteiger partial charge in [-0.1, -0.05) is 0 Å². The van der Waals surface area contributed by atoms with E-state index in [1.165, 1.54) is 13.3 Å². The fourth-order valence-electron chi connectivity index (χ4n) is 1.15. The molecule has 0 aliphatic rings. The van der Waals surface area contributed by atoms with Gasteiger partial charge < -0.3 is 15.2 Å². The summed E-state index contributed by atoms with van der Waals surface area (Å²) in [6.07, 6.45) is 1.36. The zero-order valence-corrected chi connectivity index (χ0v) is 9.71. The van der Waals surface area contributed by atoms with Crippen molar-refractivity contribution in [2.45, 2.75) is 0 Å². The molecule has 0 spiro atoms. The van der Waals surface area contributed by atoms with Gasteiger partial charge in [-0.3, -0.25) is 0 Å². The summed E-state index contributed by atoms with van der Waals surface area (Å²) in [5.41, 5.74) is 7.51. The standard InChI is InChI=1S/C11H12N4O3/c1-17-9-3-2-8(7-14-15-11(13)16)10(6-9)18-5-4-12/h2-3,6-7H,5H2,1H3,(H3,13,15,16). The van der Waals surface area contributed by atoms with Crippen molar-refractivity contribution >= 4 is 12.2 Å². The number of ether oxygens (including phenoxy) is 2. The van der Waals surface area contributed by atoms with Crippen molar-refractivity contribution in [3.63, 3.8) is 0 Å². The highest BCUT2D eigenvalue weighted by Crippen LogP contribution is 2.23. The molecule has 0 saturated carbocycles. The van der Waals surface area contributed by atoms with Crippen LogP contribution in [-0.4, -0.2) is 26.0 Å². The number of nitrogens with two attached hydrogens (primary N) is 1. The topological polar surface area (TPSA) is 110 Å². The van der Waals surface area contributed by atoms with Gasteiger partial charge in [-0.2, -0.15) is 10.4 Å². The number of nitrogens with one attached hydrogen (secondary N) is 1. The summed E-state index contributed by atoms with van der Waals surface area (Å²) >= 11 is 0. The predicted octanol–water partition coefficient (Wildman–Crippen LogP) is 0.600. The van der Waals surface area contributed by atoms with Gasteiger partial charge in [0, 0.05) is 11.6 Å². The number of nitriles is 1. The van der Waals surface area contributed by atoms with Crippen molar-refractivity contribution in [1.82, 2.24) is 5.43 Å². The number of primary amides is 1. The Hall–Kier alpha value is -2.75. The number of carbonyl (C=O) groups excluding carboxylic acids is 1. The highest BCUT2D eigenvalue weighted by Gasteiger charge is 2.04. The smallest absolute Gasteiger partial charge is 0.332 e. The van der Waals surface area contributed by atoms with E-state index in [0.717, 1.165) is 0 Å². The van der Waals surface area contributed by atoms with Crippen LogP contribution in [0.15, 0.2) is 23.3 Å². The Kier molecular flexibility index (Phi) is 4.99. The Morgan fingerprint density at radius 1 is 1.67 bits per heavy atom. The molecule has 7 nitrogen and oxygen atoms in total. The van der Waals surface area contributed by atoms with Gasteiger partial charge in [-0.25, -0.2) is 10.2 Å². The first-order valence-electron chi connectivity index (χ1n) is 4.93. The first-order valence-corrected chi connectivity index (χ1v) is 4.93. The highest BCUT2D eigenvalue weighted by atomic mass is 16.5. The van der Waals surface area contributed by atoms with Crippen LogP contribution in [0.5, 0.6) is 11.5 Å². The van der Waals surface area contributed by atoms with Gasteiger partial charge in [0.15, 0.2) is 6.61 Å². The molecule has 0 aliphatic carbocycles. The molecule has 0 atom stereocenters. The van der Waals surface area contributed by atoms with Crippen LogP contribution in [0.4, 0.5) is 4.79 Å². The summed E-state index contributed by atoms with van der Waals surface area (Å²) in [7, 11) is 1.52. The van der Waals surface area contributed by atoms with Gasteiger partial charge in [0.1, 0.15) is 17.6 Å². The number of hydrogen-bond acceptors (Lipinski definition) is 5. The third-order valence-corrected chi connectivity index (χ3v) is 1.89. The third-order valence-electron chi connectivity index (χ3n) is 1.89. The number of methoxy groups -OCH3 is 1. The number of carbonyl (C=O) groups is 1. The van der Waals surface area contributed by atoms with Crippen molar-refractivity contribution in [1.29, 1.82) is 5.26 Å². The Morgan fingerprint density at radius 2 is 2.44 bits per heavy atom. The van der Waals surface area contributed by atoms with E-state index in [4.69, 9.17) is 20.5 Å². The molecular formula is C11H12N4O3. The van der Waals surface area contributed by atoms with Crippen LogP contribution >= 0.6 is 0 Å². The van der Waals surface area contributed by atoms with Crippen LogP contribution < -0.4 is 20.6 Å². The monoisotopic (exact) mass is 248 g/mol. The number of nitrogens with zero attached hydrogens (tertiary/aromatic N) is 2. The molecule has 0 radical (unpaired) electrons. The lowest BCUT2D eigenvalue weighted by molar-refractivity contribution is 0.249. The number of hydrogen-bond donors (Lipinski definition) is 2. The molecular weight excluding hydrogens is 236 g/mol. The Balaban J connectivity index is 2.91. The Bertz CT molecular complexity index is 494. The van der Waals surface area contributed by atoms with Gasteiger partial charge >= 0.3 is 6.03 Å². The Labute approximate surface area is 104 Å². The summed E-state index contributed by atoms with van der Waals surface area (Å²) in [4.78, 5) is 10.4. The number of rotatable bonds is 5. The van der Waals surface area contributed by atoms with E-state index in [-0.39, 0.29) is 6.61 Å². The van der Waals surface area contributed by atoms with Crippen molar-refractivity contribution in [2.75, 3.05) is 13.7 Å². The van der Waals surface area contributed by atoms with E-state index >= 15 is 0 Å². The minimum Gasteiger partial charge on any atom is -0.497 e. The number of amides is 2. The maximum atomic E-state index is 10.4. The van der Waals surface area contributed by atoms with E-state index in [1.54, 1.807) is 18.2 Å². The second-order valence-corrected chi connectivity index (χ2v) is 3.08. The molecule has 2 amide bonds. The van der Waals surface area contributed by atoms with Gasteiger partial charge in [-0.05, 0) is 12.1 Å². The highest BCUT2D eigenvalue weighted by molar-refractivity contribution is 5.85. The third kappa shape index (κ3) is 4.02. The van der Waals surface area contributed by atoms with E-state index in [2.05, 4.69) is 10.5 Å². The molecule has 1 rings (SSSR count). The lowest BCUT2D eigenvalue weighted by Crippen LogP contribution is -2.24. The molecule has 0 unspecified atom stereocenters. The fraction of sp³-hybridized carbons (Fsp3) is 0.182. The molecule has 94 valence electrons. The first-order chi connectivity index (χ1) is 8.67. The summed E-state index contributed by atoms with van der Waals surface area (Å²) < 4.78 is 10.2. The molecule has 18 heavy (non-hydrogen) atoms. The number of hydrazone groups is 1. The van der Waals surface area contributed by atoms with E-state index < -0.39 is 6.03 Å². The van der Waals surface area contributed by atoms with Crippen LogP contribution in [0.1, 0.15) is 5.56 Å². The summed E-state index contributed by atoms with van der Waals surface area (Å²) in [5.74, 6) is 1.01. The van der Waals surface area contributed by atoms with Crippen molar-refractivity contribution < 1.29 is 14.3 Å². The summed E-state index contributed by atoms with van der Waals surface area (Å²) in [6, 6.07) is 6.08. The number of benzene rings is 1. The van der Waals surface area contributed by atoms with Gasteiger partial charge in [0.25, 0.3) is 0 Å². The quantitative estimate of drug-likeness (QED) is 0.587. The minimum atomic E-state index is -0.765. The van der Waals surface area contributed by atoms with Crippen molar-refractivity contribution in [3.8, 4) is 17.6 Å². The predicted molar refractivity (Wildman–Crippen MR) is 64.4 cm³/mol. The van der Waals surface area contributed by atoms with Crippen LogP contribution in [0.25, 0.3) is 0 Å². The fourth-order valence-corrected chi connectivity index (χ4v) is 1.15. The molecule has 0 bridgehead atoms. The largest absolute Gasteiger partial charge is 0.497 e. The van der Waals surface area contributed by atoms with Crippen LogP contribution in [-0.2, 0) is 0 Å². The average Bonchev–Trinajstić information content (AvgIpc) is 2.36. The summed E-state index contributed by atoms with van der Waals surface area (Å²) in [6.45, 7) is -0.0999. The summed E-state index contributed by atoms with van der Waals surface area (Å²) in [5, 5.41) is 12.1. The lowest BCUT2D eigenvalue weighted by atomic mass is 10.2. The maximum Gasteiger partial charge on any atom is 0.332 e. The second kappa shape index (κ2) is 6.75. The normalized spacial score (nSPS) is 9.78. The molecule has 1 aromatic rings. The maximum absolute atomic E-state index is 10.4.